The fraction of sp³-hybridized carbons (Fsp3) is 0.571. The van der Waals surface area contributed by atoms with Crippen LogP contribution in [0.1, 0.15) is 12.0 Å². The van der Waals surface area contributed by atoms with E-state index in [1.165, 1.54) is 0 Å². The molecule has 2 rings (SSSR count). The maximum atomic E-state index is 12.3. The lowest BCUT2D eigenvalue weighted by atomic mass is 10.2. The van der Waals surface area contributed by atoms with Crippen molar-refractivity contribution < 1.29 is 8.42 Å². The van der Waals surface area contributed by atoms with E-state index in [4.69, 9.17) is 0 Å². The number of nitrogens with one attached hydrogen (secondary N) is 2. The molecular weight excluding hydrogens is 425 g/mol. The molecule has 1 aliphatic rings. The first-order chi connectivity index (χ1) is 9.99. The molecular formula is C14H24BrCl2N3O2S. The molecule has 1 heterocycles. The third-order valence-corrected chi connectivity index (χ3v) is 5.69. The third-order valence-electron chi connectivity index (χ3n) is 3.59. The lowest BCUT2D eigenvalue weighted by Crippen LogP contribution is -2.44. The van der Waals surface area contributed by atoms with Gasteiger partial charge in [-0.2, -0.15) is 0 Å². The molecule has 0 aromatic heterocycles. The average Bonchev–Trinajstić information content (AvgIpc) is 2.47. The number of benzene rings is 1. The number of nitrogens with zero attached hydrogens (tertiary/aromatic N) is 1. The van der Waals surface area contributed by atoms with E-state index in [0.717, 1.165) is 49.2 Å². The zero-order valence-corrected chi connectivity index (χ0v) is 17.1. The Labute approximate surface area is 159 Å². The van der Waals surface area contributed by atoms with Crippen LogP contribution < -0.4 is 10.0 Å². The Hall–Kier alpha value is 0.110. The molecule has 1 aromatic rings. The van der Waals surface area contributed by atoms with Crippen LogP contribution in [0.4, 0.5) is 0 Å². The van der Waals surface area contributed by atoms with Gasteiger partial charge in [-0.1, -0.05) is 22.0 Å². The first-order valence-electron chi connectivity index (χ1n) is 7.18. The van der Waals surface area contributed by atoms with Gasteiger partial charge in [-0.05, 0) is 37.6 Å². The molecule has 0 unspecified atom stereocenters. The van der Waals surface area contributed by atoms with Crippen LogP contribution in [0.3, 0.4) is 0 Å². The fourth-order valence-corrected chi connectivity index (χ4v) is 4.24. The summed E-state index contributed by atoms with van der Waals surface area (Å²) in [6.45, 7) is 7.32. The first-order valence-corrected chi connectivity index (χ1v) is 9.45. The molecule has 9 heteroatoms. The largest absolute Gasteiger partial charge is 0.314 e. The quantitative estimate of drug-likeness (QED) is 0.654. The van der Waals surface area contributed by atoms with Gasteiger partial charge in [-0.25, -0.2) is 13.1 Å². The van der Waals surface area contributed by atoms with E-state index in [1.807, 2.05) is 13.0 Å². The van der Waals surface area contributed by atoms with E-state index in [-0.39, 0.29) is 24.8 Å². The van der Waals surface area contributed by atoms with Gasteiger partial charge in [0, 0.05) is 37.2 Å². The second-order valence-electron chi connectivity index (χ2n) is 5.25. The van der Waals surface area contributed by atoms with Gasteiger partial charge in [0.25, 0.3) is 0 Å². The fourth-order valence-electron chi connectivity index (χ4n) is 2.39. The molecule has 0 atom stereocenters. The number of hydrogen-bond donors (Lipinski definition) is 2. The van der Waals surface area contributed by atoms with Crippen molar-refractivity contribution in [2.45, 2.75) is 18.2 Å². The lowest BCUT2D eigenvalue weighted by molar-refractivity contribution is 0.239. The van der Waals surface area contributed by atoms with Crippen LogP contribution in [0.25, 0.3) is 0 Å². The highest BCUT2D eigenvalue weighted by molar-refractivity contribution is 9.10. The summed E-state index contributed by atoms with van der Waals surface area (Å²) in [6, 6.07) is 5.30. The van der Waals surface area contributed by atoms with Crippen molar-refractivity contribution in [2.75, 3.05) is 39.3 Å². The summed E-state index contributed by atoms with van der Waals surface area (Å²) in [5.41, 5.74) is 0.757. The van der Waals surface area contributed by atoms with Crippen LogP contribution in [0.15, 0.2) is 27.6 Å². The van der Waals surface area contributed by atoms with Crippen LogP contribution in [0.5, 0.6) is 0 Å². The van der Waals surface area contributed by atoms with Gasteiger partial charge in [-0.3, -0.25) is 0 Å². The highest BCUT2D eigenvalue weighted by Crippen LogP contribution is 2.20. The molecule has 0 aliphatic carbocycles. The monoisotopic (exact) mass is 447 g/mol. The Balaban J connectivity index is 0.00000242. The summed E-state index contributed by atoms with van der Waals surface area (Å²) >= 11 is 3.32. The predicted octanol–water partition coefficient (Wildman–Crippen LogP) is 2.17. The minimum atomic E-state index is -3.43. The molecule has 0 spiro atoms. The van der Waals surface area contributed by atoms with Gasteiger partial charge in [0.15, 0.2) is 0 Å². The number of aryl methyl sites for hydroxylation is 1. The Kier molecular flexibility index (Phi) is 10.9. The molecule has 0 amide bonds. The minimum Gasteiger partial charge on any atom is -0.314 e. The highest BCUT2D eigenvalue weighted by Gasteiger charge is 2.17. The smallest absolute Gasteiger partial charge is 0.240 e. The summed E-state index contributed by atoms with van der Waals surface area (Å²) in [5.74, 6) is 0. The molecule has 5 nitrogen and oxygen atoms in total. The van der Waals surface area contributed by atoms with Gasteiger partial charge in [0.05, 0.1) is 4.90 Å². The van der Waals surface area contributed by atoms with E-state index in [9.17, 15) is 8.42 Å². The lowest BCUT2D eigenvalue weighted by Gasteiger charge is -2.27. The van der Waals surface area contributed by atoms with Crippen molar-refractivity contribution in [1.82, 2.24) is 14.9 Å². The van der Waals surface area contributed by atoms with Crippen molar-refractivity contribution in [2.24, 2.45) is 0 Å². The maximum Gasteiger partial charge on any atom is 0.240 e. The number of piperazine rings is 1. The number of hydrogen-bond acceptors (Lipinski definition) is 4. The van der Waals surface area contributed by atoms with E-state index < -0.39 is 10.0 Å². The molecule has 0 bridgehead atoms. The SMILES string of the molecule is Cc1ccc(Br)cc1S(=O)(=O)NCCCN1CCNCC1.Cl.Cl. The molecule has 0 radical (unpaired) electrons. The van der Waals surface area contributed by atoms with Crippen LogP contribution >= 0.6 is 40.7 Å². The van der Waals surface area contributed by atoms with Gasteiger partial charge in [0.2, 0.25) is 10.0 Å². The van der Waals surface area contributed by atoms with Crippen LogP contribution in [-0.4, -0.2) is 52.6 Å². The van der Waals surface area contributed by atoms with E-state index >= 15 is 0 Å². The van der Waals surface area contributed by atoms with Crippen molar-refractivity contribution in [3.8, 4) is 0 Å². The Morgan fingerprint density at radius 1 is 1.26 bits per heavy atom. The minimum absolute atomic E-state index is 0. The molecule has 1 fully saturated rings. The Morgan fingerprint density at radius 3 is 2.57 bits per heavy atom. The van der Waals surface area contributed by atoms with Crippen molar-refractivity contribution >= 4 is 50.8 Å². The van der Waals surface area contributed by atoms with Crippen LogP contribution in [-0.2, 0) is 10.0 Å². The van der Waals surface area contributed by atoms with Crippen molar-refractivity contribution in [3.63, 3.8) is 0 Å². The Bertz CT molecular complexity index is 581. The van der Waals surface area contributed by atoms with Gasteiger partial charge in [0.1, 0.15) is 0 Å². The normalized spacial score (nSPS) is 15.6. The molecule has 1 saturated heterocycles. The van der Waals surface area contributed by atoms with Crippen molar-refractivity contribution in [3.05, 3.63) is 28.2 Å². The number of sulfonamides is 1. The second-order valence-corrected chi connectivity index (χ2v) is 7.90. The standard InChI is InChI=1S/C14H22BrN3O2S.2ClH/c1-12-3-4-13(15)11-14(12)21(19,20)17-5-2-8-18-9-6-16-7-10-18;;/h3-4,11,16-17H,2,5-10H2,1H3;2*1H. The summed E-state index contributed by atoms with van der Waals surface area (Å²) in [7, 11) is -3.43. The van der Waals surface area contributed by atoms with E-state index in [2.05, 4.69) is 30.9 Å². The van der Waals surface area contributed by atoms with Crippen LogP contribution in [0.2, 0.25) is 0 Å². The summed E-state index contributed by atoms with van der Waals surface area (Å²) in [4.78, 5) is 2.70. The summed E-state index contributed by atoms with van der Waals surface area (Å²) in [5, 5.41) is 3.30. The second kappa shape index (κ2) is 10.9. The molecule has 0 saturated carbocycles. The van der Waals surface area contributed by atoms with Gasteiger partial charge in [-0.15, -0.1) is 24.8 Å². The summed E-state index contributed by atoms with van der Waals surface area (Å²) < 4.78 is 28.1. The molecule has 2 N–H and O–H groups in total. The van der Waals surface area contributed by atoms with E-state index in [0.29, 0.717) is 11.4 Å². The molecule has 134 valence electrons. The van der Waals surface area contributed by atoms with Gasteiger partial charge < -0.3 is 10.2 Å². The van der Waals surface area contributed by atoms with Crippen LogP contribution in [0, 0.1) is 6.92 Å². The zero-order chi connectivity index (χ0) is 15.3. The third kappa shape index (κ3) is 7.25. The topological polar surface area (TPSA) is 61.4 Å². The first kappa shape index (κ1) is 23.1. The summed E-state index contributed by atoms with van der Waals surface area (Å²) in [6.07, 6.45) is 0.826. The number of rotatable bonds is 6. The molecule has 23 heavy (non-hydrogen) atoms. The van der Waals surface area contributed by atoms with Gasteiger partial charge >= 0.3 is 0 Å². The number of halogens is 3. The molecule has 1 aromatic carbocycles. The molecule has 1 aliphatic heterocycles. The predicted molar refractivity (Wildman–Crippen MR) is 102 cm³/mol. The highest BCUT2D eigenvalue weighted by atomic mass is 79.9. The average molecular weight is 449 g/mol. The Morgan fingerprint density at radius 2 is 1.91 bits per heavy atom. The zero-order valence-electron chi connectivity index (χ0n) is 13.0. The van der Waals surface area contributed by atoms with E-state index in [1.54, 1.807) is 12.1 Å². The maximum absolute atomic E-state index is 12.3. The van der Waals surface area contributed by atoms with Crippen molar-refractivity contribution in [1.29, 1.82) is 0 Å².